The Kier molecular flexibility index (Phi) is 6.63. The van der Waals surface area contributed by atoms with E-state index in [-0.39, 0.29) is 6.54 Å². The number of imide groups is 1. The molecular weight excluding hydrogens is 392 g/mol. The average molecular weight is 423 g/mol. The molecule has 0 aromatic heterocycles. The number of hydrogen-bond acceptors (Lipinski definition) is 4. The Balaban J connectivity index is 1.69. The second-order valence-corrected chi connectivity index (χ2v) is 7.92. The summed E-state index contributed by atoms with van der Waals surface area (Å²) in [5.74, 6) is -0.834. The van der Waals surface area contributed by atoms with Crippen molar-refractivity contribution in [2.24, 2.45) is 0 Å². The standard InChI is InChI=1S/C24H30N4O3/c1-5-24(18-10-8-7-9-11-18)22(30)28(23(31)26-24)16-21(29)25-19-12-14-20(15-13-19)27(6-2)17(3)4/h7-15,17H,5-6,16H2,1-4H3,(H,25,29)(H,26,31). The van der Waals surface area contributed by atoms with Crippen molar-refractivity contribution in [1.29, 1.82) is 0 Å². The van der Waals surface area contributed by atoms with Crippen LogP contribution in [-0.2, 0) is 15.1 Å². The number of anilines is 2. The maximum Gasteiger partial charge on any atom is 0.325 e. The molecule has 2 aromatic carbocycles. The van der Waals surface area contributed by atoms with Crippen LogP contribution in [0.4, 0.5) is 16.2 Å². The van der Waals surface area contributed by atoms with Crippen LogP contribution in [0.1, 0.15) is 39.7 Å². The van der Waals surface area contributed by atoms with Crippen molar-refractivity contribution >= 4 is 29.2 Å². The molecule has 1 aliphatic heterocycles. The normalized spacial score (nSPS) is 18.3. The van der Waals surface area contributed by atoms with Crippen molar-refractivity contribution < 1.29 is 14.4 Å². The Bertz CT molecular complexity index is 943. The monoisotopic (exact) mass is 422 g/mol. The molecule has 0 spiro atoms. The van der Waals surface area contributed by atoms with E-state index in [9.17, 15) is 14.4 Å². The molecule has 2 aromatic rings. The first-order valence-electron chi connectivity index (χ1n) is 10.7. The van der Waals surface area contributed by atoms with Gasteiger partial charge in [-0.15, -0.1) is 0 Å². The second-order valence-electron chi connectivity index (χ2n) is 7.92. The van der Waals surface area contributed by atoms with Crippen molar-refractivity contribution in [3.63, 3.8) is 0 Å². The fraction of sp³-hybridized carbons (Fsp3) is 0.375. The Hall–Kier alpha value is -3.35. The SMILES string of the molecule is CCN(c1ccc(NC(=O)CN2C(=O)NC(CC)(c3ccccc3)C2=O)cc1)C(C)C. The van der Waals surface area contributed by atoms with Crippen molar-refractivity contribution in [3.05, 3.63) is 60.2 Å². The Morgan fingerprint density at radius 1 is 1.06 bits per heavy atom. The topological polar surface area (TPSA) is 81.8 Å². The molecule has 0 aliphatic carbocycles. The zero-order valence-electron chi connectivity index (χ0n) is 18.5. The molecule has 0 saturated carbocycles. The minimum Gasteiger partial charge on any atom is -0.369 e. The average Bonchev–Trinajstić information content (AvgIpc) is 3.01. The van der Waals surface area contributed by atoms with E-state index in [0.717, 1.165) is 17.1 Å². The maximum atomic E-state index is 13.1. The summed E-state index contributed by atoms with van der Waals surface area (Å²) in [6, 6.07) is 16.5. The summed E-state index contributed by atoms with van der Waals surface area (Å²) in [6.07, 6.45) is 0.394. The molecule has 7 heteroatoms. The van der Waals surface area contributed by atoms with Gasteiger partial charge >= 0.3 is 6.03 Å². The Morgan fingerprint density at radius 3 is 2.26 bits per heavy atom. The predicted molar refractivity (Wildman–Crippen MR) is 122 cm³/mol. The van der Waals surface area contributed by atoms with Gasteiger partial charge in [-0.3, -0.25) is 14.5 Å². The summed E-state index contributed by atoms with van der Waals surface area (Å²) in [4.78, 5) is 41.5. The van der Waals surface area contributed by atoms with Gasteiger partial charge in [-0.05, 0) is 57.0 Å². The number of amides is 4. The van der Waals surface area contributed by atoms with E-state index in [0.29, 0.717) is 23.7 Å². The van der Waals surface area contributed by atoms with Crippen LogP contribution in [0.3, 0.4) is 0 Å². The fourth-order valence-electron chi connectivity index (χ4n) is 4.06. The highest BCUT2D eigenvalue weighted by Gasteiger charge is 2.51. The summed E-state index contributed by atoms with van der Waals surface area (Å²) in [5.41, 5.74) is 1.26. The van der Waals surface area contributed by atoms with Gasteiger partial charge in [0.25, 0.3) is 5.91 Å². The van der Waals surface area contributed by atoms with Crippen LogP contribution in [-0.4, -0.2) is 41.9 Å². The maximum absolute atomic E-state index is 13.1. The van der Waals surface area contributed by atoms with E-state index >= 15 is 0 Å². The van der Waals surface area contributed by atoms with Crippen LogP contribution in [0.5, 0.6) is 0 Å². The number of benzene rings is 2. The zero-order chi connectivity index (χ0) is 22.6. The van der Waals surface area contributed by atoms with Gasteiger partial charge in [0.05, 0.1) is 0 Å². The third kappa shape index (κ3) is 4.40. The number of carbonyl (C=O) groups excluding carboxylic acids is 3. The molecule has 1 fully saturated rings. The number of hydrogen-bond donors (Lipinski definition) is 2. The molecule has 7 nitrogen and oxygen atoms in total. The van der Waals surface area contributed by atoms with E-state index < -0.39 is 23.4 Å². The fourth-order valence-corrected chi connectivity index (χ4v) is 4.06. The lowest BCUT2D eigenvalue weighted by atomic mass is 9.87. The molecule has 1 unspecified atom stereocenters. The van der Waals surface area contributed by atoms with Gasteiger partial charge in [0, 0.05) is 24.0 Å². The molecule has 1 saturated heterocycles. The molecule has 2 N–H and O–H groups in total. The first kappa shape index (κ1) is 22.3. The van der Waals surface area contributed by atoms with Gasteiger partial charge < -0.3 is 15.5 Å². The predicted octanol–water partition coefficient (Wildman–Crippen LogP) is 3.72. The lowest BCUT2D eigenvalue weighted by molar-refractivity contribution is -0.134. The number of carbonyl (C=O) groups is 3. The van der Waals surface area contributed by atoms with Crippen LogP contribution in [0.25, 0.3) is 0 Å². The summed E-state index contributed by atoms with van der Waals surface area (Å²) in [6.45, 7) is 8.74. The quantitative estimate of drug-likeness (QED) is 0.636. The van der Waals surface area contributed by atoms with Gasteiger partial charge in [0.2, 0.25) is 5.91 Å². The summed E-state index contributed by atoms with van der Waals surface area (Å²) in [7, 11) is 0. The molecule has 1 atom stereocenters. The van der Waals surface area contributed by atoms with Crippen molar-refractivity contribution in [2.45, 2.75) is 45.7 Å². The van der Waals surface area contributed by atoms with Crippen LogP contribution < -0.4 is 15.5 Å². The Morgan fingerprint density at radius 2 is 1.71 bits per heavy atom. The van der Waals surface area contributed by atoms with E-state index in [1.54, 1.807) is 0 Å². The van der Waals surface area contributed by atoms with Gasteiger partial charge in [0.15, 0.2) is 0 Å². The Labute approximate surface area is 183 Å². The van der Waals surface area contributed by atoms with Gasteiger partial charge in [0.1, 0.15) is 12.1 Å². The van der Waals surface area contributed by atoms with E-state index in [1.807, 2.05) is 61.5 Å². The number of rotatable bonds is 8. The highest BCUT2D eigenvalue weighted by molar-refractivity contribution is 6.10. The van der Waals surface area contributed by atoms with Crippen molar-refractivity contribution in [1.82, 2.24) is 10.2 Å². The third-order valence-corrected chi connectivity index (χ3v) is 5.72. The van der Waals surface area contributed by atoms with Crippen LogP contribution in [0.15, 0.2) is 54.6 Å². The highest BCUT2D eigenvalue weighted by Crippen LogP contribution is 2.32. The minimum absolute atomic E-state index is 0.339. The molecule has 3 rings (SSSR count). The van der Waals surface area contributed by atoms with Crippen LogP contribution in [0.2, 0.25) is 0 Å². The molecular formula is C24H30N4O3. The molecule has 0 radical (unpaired) electrons. The molecule has 1 aliphatic rings. The number of nitrogens with zero attached hydrogens (tertiary/aromatic N) is 2. The summed E-state index contributed by atoms with van der Waals surface area (Å²) >= 11 is 0. The molecule has 164 valence electrons. The summed E-state index contributed by atoms with van der Waals surface area (Å²) < 4.78 is 0. The van der Waals surface area contributed by atoms with Crippen LogP contribution >= 0.6 is 0 Å². The third-order valence-electron chi connectivity index (χ3n) is 5.72. The highest BCUT2D eigenvalue weighted by atomic mass is 16.2. The first-order valence-corrected chi connectivity index (χ1v) is 10.7. The van der Waals surface area contributed by atoms with E-state index in [1.165, 1.54) is 0 Å². The molecule has 0 bridgehead atoms. The number of nitrogens with one attached hydrogen (secondary N) is 2. The number of urea groups is 1. The van der Waals surface area contributed by atoms with Crippen molar-refractivity contribution in [3.8, 4) is 0 Å². The molecule has 1 heterocycles. The van der Waals surface area contributed by atoms with Crippen LogP contribution in [0, 0.1) is 0 Å². The van der Waals surface area contributed by atoms with E-state index in [4.69, 9.17) is 0 Å². The first-order chi connectivity index (χ1) is 14.8. The smallest absolute Gasteiger partial charge is 0.325 e. The van der Waals surface area contributed by atoms with Gasteiger partial charge in [-0.1, -0.05) is 37.3 Å². The van der Waals surface area contributed by atoms with E-state index in [2.05, 4.69) is 36.3 Å². The lowest BCUT2D eigenvalue weighted by Crippen LogP contribution is -2.44. The van der Waals surface area contributed by atoms with Gasteiger partial charge in [-0.25, -0.2) is 4.79 Å². The minimum atomic E-state index is -1.14. The van der Waals surface area contributed by atoms with Crippen molar-refractivity contribution in [2.75, 3.05) is 23.3 Å². The molecule has 31 heavy (non-hydrogen) atoms. The largest absolute Gasteiger partial charge is 0.369 e. The second kappa shape index (κ2) is 9.20. The lowest BCUT2D eigenvalue weighted by Gasteiger charge is -2.27. The molecule has 4 amide bonds. The summed E-state index contributed by atoms with van der Waals surface area (Å²) in [5, 5.41) is 5.57. The zero-order valence-corrected chi connectivity index (χ0v) is 18.5. The van der Waals surface area contributed by atoms with Gasteiger partial charge in [-0.2, -0.15) is 0 Å².